The summed E-state index contributed by atoms with van der Waals surface area (Å²) in [6, 6.07) is 0. The molecule has 1 saturated carbocycles. The average Bonchev–Trinajstić information content (AvgIpc) is 2.98. The zero-order valence-electron chi connectivity index (χ0n) is 13.3. The van der Waals surface area contributed by atoms with Crippen LogP contribution in [-0.4, -0.2) is 34.4 Å². The van der Waals surface area contributed by atoms with Gasteiger partial charge in [0.15, 0.2) is 0 Å². The van der Waals surface area contributed by atoms with Crippen LogP contribution in [0.4, 0.5) is 0 Å². The highest BCUT2D eigenvalue weighted by atomic mass is 16.5. The fourth-order valence-electron chi connectivity index (χ4n) is 3.42. The van der Waals surface area contributed by atoms with E-state index in [4.69, 9.17) is 9.26 Å². The van der Waals surface area contributed by atoms with Gasteiger partial charge in [-0.1, -0.05) is 18.0 Å². The van der Waals surface area contributed by atoms with Crippen molar-refractivity contribution in [3.63, 3.8) is 0 Å². The lowest BCUT2D eigenvalue weighted by atomic mass is 9.81. The molecule has 0 unspecified atom stereocenters. The van der Waals surface area contributed by atoms with Crippen molar-refractivity contribution < 1.29 is 23.6 Å². The van der Waals surface area contributed by atoms with Crippen molar-refractivity contribution >= 4 is 17.8 Å². The summed E-state index contributed by atoms with van der Waals surface area (Å²) in [5.74, 6) is -0.943. The van der Waals surface area contributed by atoms with Gasteiger partial charge in [0.25, 0.3) is 0 Å². The predicted molar refractivity (Wildman–Crippen MR) is 77.9 cm³/mol. The average molecular weight is 320 g/mol. The second-order valence-corrected chi connectivity index (χ2v) is 6.22. The maximum atomic E-state index is 12.3. The van der Waals surface area contributed by atoms with Gasteiger partial charge in [-0.3, -0.25) is 19.3 Å². The van der Waals surface area contributed by atoms with Gasteiger partial charge in [0, 0.05) is 0 Å². The van der Waals surface area contributed by atoms with Crippen LogP contribution in [0, 0.1) is 25.7 Å². The number of ether oxygens (including phenoxy) is 1. The van der Waals surface area contributed by atoms with E-state index in [0.29, 0.717) is 17.0 Å². The van der Waals surface area contributed by atoms with Gasteiger partial charge in [-0.15, -0.1) is 0 Å². The van der Waals surface area contributed by atoms with Crippen LogP contribution in [0.15, 0.2) is 4.52 Å². The van der Waals surface area contributed by atoms with Gasteiger partial charge in [-0.2, -0.15) is 0 Å². The molecule has 1 aromatic heterocycles. The number of aromatic nitrogens is 1. The lowest BCUT2D eigenvalue weighted by molar-refractivity contribution is -0.153. The molecule has 2 heterocycles. The molecule has 0 radical (unpaired) electrons. The number of imide groups is 1. The number of hydrogen-bond donors (Lipinski definition) is 0. The number of likely N-dealkylation sites (tertiary alicyclic amines) is 1. The Hall–Kier alpha value is -2.18. The van der Waals surface area contributed by atoms with Gasteiger partial charge < -0.3 is 9.26 Å². The second kappa shape index (κ2) is 6.14. The van der Waals surface area contributed by atoms with Gasteiger partial charge in [0.1, 0.15) is 18.9 Å². The molecule has 3 rings (SSSR count). The van der Waals surface area contributed by atoms with E-state index >= 15 is 0 Å². The zero-order valence-corrected chi connectivity index (χ0v) is 13.3. The van der Waals surface area contributed by atoms with E-state index in [0.717, 1.165) is 30.6 Å². The van der Waals surface area contributed by atoms with Crippen molar-refractivity contribution in [2.75, 3.05) is 6.54 Å². The molecule has 1 aromatic rings. The Kier molecular flexibility index (Phi) is 4.19. The first-order chi connectivity index (χ1) is 11.0. The Morgan fingerprint density at radius 2 is 1.83 bits per heavy atom. The molecule has 7 nitrogen and oxygen atoms in total. The first-order valence-corrected chi connectivity index (χ1v) is 7.91. The molecule has 1 saturated heterocycles. The molecule has 23 heavy (non-hydrogen) atoms. The standard InChI is InChI=1S/C16H20N2O5/c1-9-13(10(2)23-17-9)8-22-14(19)7-18-15(20)11-5-3-4-6-12(11)16(18)21/h11-12H,3-8H2,1-2H3/t11-,12+. The van der Waals surface area contributed by atoms with Crippen LogP contribution in [0.1, 0.15) is 42.7 Å². The number of carbonyl (C=O) groups excluding carboxylic acids is 3. The van der Waals surface area contributed by atoms with E-state index in [1.165, 1.54) is 0 Å². The highest BCUT2D eigenvalue weighted by Crippen LogP contribution is 2.37. The maximum absolute atomic E-state index is 12.3. The minimum absolute atomic E-state index is 0.0308. The molecule has 2 amide bonds. The van der Waals surface area contributed by atoms with Crippen LogP contribution in [0.2, 0.25) is 0 Å². The SMILES string of the molecule is Cc1noc(C)c1COC(=O)CN1C(=O)[C@H]2CCCC[C@H]2C1=O. The summed E-state index contributed by atoms with van der Waals surface area (Å²) < 4.78 is 10.2. The minimum atomic E-state index is -0.592. The van der Waals surface area contributed by atoms with Crippen molar-refractivity contribution in [1.29, 1.82) is 0 Å². The van der Waals surface area contributed by atoms with Gasteiger partial charge in [-0.05, 0) is 26.7 Å². The van der Waals surface area contributed by atoms with Crippen molar-refractivity contribution in [2.45, 2.75) is 46.1 Å². The summed E-state index contributed by atoms with van der Waals surface area (Å²) in [6.07, 6.45) is 3.40. The van der Waals surface area contributed by atoms with E-state index in [2.05, 4.69) is 5.16 Å². The number of carbonyl (C=O) groups is 3. The molecule has 2 fully saturated rings. The number of fused-ring (bicyclic) bond motifs is 1. The quantitative estimate of drug-likeness (QED) is 0.617. The third kappa shape index (κ3) is 2.87. The lowest BCUT2D eigenvalue weighted by Gasteiger charge is -2.19. The highest BCUT2D eigenvalue weighted by molar-refractivity contribution is 6.07. The summed E-state index contributed by atoms with van der Waals surface area (Å²) in [4.78, 5) is 37.7. The van der Waals surface area contributed by atoms with Crippen LogP contribution < -0.4 is 0 Å². The van der Waals surface area contributed by atoms with Crippen LogP contribution in [0.3, 0.4) is 0 Å². The molecule has 7 heteroatoms. The summed E-state index contributed by atoms with van der Waals surface area (Å²) >= 11 is 0. The lowest BCUT2D eigenvalue weighted by Crippen LogP contribution is -2.36. The fraction of sp³-hybridized carbons (Fsp3) is 0.625. The third-order valence-electron chi connectivity index (χ3n) is 4.78. The number of esters is 1. The van der Waals surface area contributed by atoms with Crippen LogP contribution >= 0.6 is 0 Å². The normalized spacial score (nSPS) is 24.0. The van der Waals surface area contributed by atoms with Crippen molar-refractivity contribution in [3.05, 3.63) is 17.0 Å². The molecular formula is C16H20N2O5. The van der Waals surface area contributed by atoms with E-state index in [9.17, 15) is 14.4 Å². The van der Waals surface area contributed by atoms with Gasteiger partial charge in [0.05, 0.1) is 23.1 Å². The molecule has 2 atom stereocenters. The predicted octanol–water partition coefficient (Wildman–Crippen LogP) is 1.51. The van der Waals surface area contributed by atoms with E-state index in [-0.39, 0.29) is 36.8 Å². The van der Waals surface area contributed by atoms with Crippen LogP contribution in [-0.2, 0) is 25.7 Å². The van der Waals surface area contributed by atoms with Gasteiger partial charge in [-0.25, -0.2) is 0 Å². The highest BCUT2D eigenvalue weighted by Gasteiger charge is 2.48. The Morgan fingerprint density at radius 3 is 2.35 bits per heavy atom. The number of hydrogen-bond acceptors (Lipinski definition) is 6. The van der Waals surface area contributed by atoms with E-state index in [1.807, 2.05) is 0 Å². The molecular weight excluding hydrogens is 300 g/mol. The van der Waals surface area contributed by atoms with Crippen molar-refractivity contribution in [2.24, 2.45) is 11.8 Å². The van der Waals surface area contributed by atoms with Crippen LogP contribution in [0.5, 0.6) is 0 Å². The van der Waals surface area contributed by atoms with Gasteiger partial charge in [0.2, 0.25) is 11.8 Å². The molecule has 0 spiro atoms. The first-order valence-electron chi connectivity index (χ1n) is 7.91. The molecule has 1 aliphatic heterocycles. The smallest absolute Gasteiger partial charge is 0.326 e. The zero-order chi connectivity index (χ0) is 16.6. The molecule has 0 bridgehead atoms. The minimum Gasteiger partial charge on any atom is -0.459 e. The molecule has 1 aliphatic carbocycles. The Morgan fingerprint density at radius 1 is 1.22 bits per heavy atom. The van der Waals surface area contributed by atoms with E-state index in [1.54, 1.807) is 13.8 Å². The number of rotatable bonds is 4. The summed E-state index contributed by atoms with van der Waals surface area (Å²) in [7, 11) is 0. The number of amides is 2. The summed E-state index contributed by atoms with van der Waals surface area (Å²) in [6.45, 7) is 3.22. The summed E-state index contributed by atoms with van der Waals surface area (Å²) in [5.41, 5.74) is 1.38. The van der Waals surface area contributed by atoms with Gasteiger partial charge >= 0.3 is 5.97 Å². The Labute approximate surface area is 133 Å². The monoisotopic (exact) mass is 320 g/mol. The molecule has 0 aromatic carbocycles. The maximum Gasteiger partial charge on any atom is 0.326 e. The number of aryl methyl sites for hydroxylation is 2. The van der Waals surface area contributed by atoms with Crippen molar-refractivity contribution in [1.82, 2.24) is 10.1 Å². The summed E-state index contributed by atoms with van der Waals surface area (Å²) in [5, 5.41) is 3.79. The fourth-order valence-corrected chi connectivity index (χ4v) is 3.42. The Balaban J connectivity index is 1.59. The molecule has 0 N–H and O–H groups in total. The topological polar surface area (TPSA) is 89.7 Å². The third-order valence-corrected chi connectivity index (χ3v) is 4.78. The van der Waals surface area contributed by atoms with E-state index < -0.39 is 5.97 Å². The molecule has 124 valence electrons. The molecule has 2 aliphatic rings. The first kappa shape index (κ1) is 15.7. The number of nitrogens with zero attached hydrogens (tertiary/aromatic N) is 2. The largest absolute Gasteiger partial charge is 0.459 e. The van der Waals surface area contributed by atoms with Crippen molar-refractivity contribution in [3.8, 4) is 0 Å². The van der Waals surface area contributed by atoms with Crippen LogP contribution in [0.25, 0.3) is 0 Å². The second-order valence-electron chi connectivity index (χ2n) is 6.22. The Bertz CT molecular complexity index is 607.